The van der Waals surface area contributed by atoms with Crippen molar-refractivity contribution in [2.24, 2.45) is 16.8 Å². The lowest BCUT2D eigenvalue weighted by Gasteiger charge is -2.37. The van der Waals surface area contributed by atoms with Crippen molar-refractivity contribution in [1.82, 2.24) is 10.2 Å². The zero-order valence-corrected chi connectivity index (χ0v) is 14.7. The zero-order chi connectivity index (χ0) is 16.4. The van der Waals surface area contributed by atoms with Crippen LogP contribution in [0.2, 0.25) is 0 Å². The Morgan fingerprint density at radius 3 is 2.41 bits per heavy atom. The van der Waals surface area contributed by atoms with Crippen molar-refractivity contribution in [3.05, 3.63) is 0 Å². The number of nitrogens with one attached hydrogen (secondary N) is 1. The average Bonchev–Trinajstić information content (AvgIpc) is 2.48. The number of nitrogens with zero attached hydrogens (tertiary/aromatic N) is 2. The molecular weight excluding hydrogens is 278 g/mol. The van der Waals surface area contributed by atoms with Gasteiger partial charge in [0.05, 0.1) is 7.11 Å². The Morgan fingerprint density at radius 1 is 1.18 bits per heavy atom. The first-order valence-electron chi connectivity index (χ1n) is 8.59. The molecule has 22 heavy (non-hydrogen) atoms. The van der Waals surface area contributed by atoms with Gasteiger partial charge in [-0.2, -0.15) is 0 Å². The minimum atomic E-state index is -0.105. The summed E-state index contributed by atoms with van der Waals surface area (Å²) in [4.78, 5) is 17.8. The molecule has 2 unspecified atom stereocenters. The molecule has 1 fully saturated rings. The molecule has 2 atom stereocenters. The molecule has 0 spiro atoms. The first kappa shape index (κ1) is 18.8. The Kier molecular flexibility index (Phi) is 8.94. The van der Waals surface area contributed by atoms with Crippen LogP contribution in [0, 0.1) is 11.8 Å². The monoisotopic (exact) mass is 311 g/mol. The highest BCUT2D eigenvalue weighted by Gasteiger charge is 2.23. The zero-order valence-electron chi connectivity index (χ0n) is 14.7. The van der Waals surface area contributed by atoms with Crippen molar-refractivity contribution >= 4 is 11.9 Å². The highest BCUT2D eigenvalue weighted by molar-refractivity contribution is 5.80. The SMILES string of the molecule is CN=C(NCCCCCCC(=O)OC)N1CC(C)CC(C)C1. The maximum Gasteiger partial charge on any atom is 0.305 e. The summed E-state index contributed by atoms with van der Waals surface area (Å²) in [5.74, 6) is 2.40. The van der Waals surface area contributed by atoms with E-state index < -0.39 is 0 Å². The summed E-state index contributed by atoms with van der Waals surface area (Å²) in [5, 5.41) is 3.48. The molecule has 0 saturated carbocycles. The number of likely N-dealkylation sites (tertiary alicyclic amines) is 1. The van der Waals surface area contributed by atoms with Crippen LogP contribution in [0.25, 0.3) is 0 Å². The molecule has 1 rings (SSSR count). The van der Waals surface area contributed by atoms with E-state index in [4.69, 9.17) is 0 Å². The number of methoxy groups -OCH3 is 1. The van der Waals surface area contributed by atoms with Gasteiger partial charge in [0, 0.05) is 33.1 Å². The van der Waals surface area contributed by atoms with Crippen LogP contribution in [0.3, 0.4) is 0 Å². The number of unbranched alkanes of at least 4 members (excludes halogenated alkanes) is 3. The smallest absolute Gasteiger partial charge is 0.305 e. The molecule has 1 saturated heterocycles. The van der Waals surface area contributed by atoms with Crippen LogP contribution in [0.4, 0.5) is 0 Å². The molecule has 1 aliphatic heterocycles. The maximum atomic E-state index is 11.0. The van der Waals surface area contributed by atoms with Crippen molar-refractivity contribution in [2.45, 2.75) is 52.4 Å². The van der Waals surface area contributed by atoms with Crippen LogP contribution < -0.4 is 5.32 Å². The molecule has 5 nitrogen and oxygen atoms in total. The molecule has 0 radical (unpaired) electrons. The predicted molar refractivity (Wildman–Crippen MR) is 91.0 cm³/mol. The lowest BCUT2D eigenvalue weighted by atomic mass is 9.92. The van der Waals surface area contributed by atoms with Crippen molar-refractivity contribution < 1.29 is 9.53 Å². The molecule has 0 aromatic heterocycles. The quantitative estimate of drug-likeness (QED) is 0.340. The Hall–Kier alpha value is -1.26. The third kappa shape index (κ3) is 7.14. The van der Waals surface area contributed by atoms with E-state index >= 15 is 0 Å². The van der Waals surface area contributed by atoms with Crippen molar-refractivity contribution in [3.8, 4) is 0 Å². The van der Waals surface area contributed by atoms with E-state index in [1.54, 1.807) is 0 Å². The molecule has 5 heteroatoms. The summed E-state index contributed by atoms with van der Waals surface area (Å²) >= 11 is 0. The van der Waals surface area contributed by atoms with Gasteiger partial charge in [-0.15, -0.1) is 0 Å². The second kappa shape index (κ2) is 10.5. The fourth-order valence-electron chi connectivity index (χ4n) is 3.22. The van der Waals surface area contributed by atoms with Gasteiger partial charge in [0.25, 0.3) is 0 Å². The third-order valence-electron chi connectivity index (χ3n) is 4.20. The molecule has 0 bridgehead atoms. The number of carbonyl (C=O) groups excluding carboxylic acids is 1. The van der Waals surface area contributed by atoms with Crippen molar-refractivity contribution in [3.63, 3.8) is 0 Å². The maximum absolute atomic E-state index is 11.0. The molecule has 1 heterocycles. The molecule has 0 aliphatic carbocycles. The van der Waals surface area contributed by atoms with Gasteiger partial charge in [0.1, 0.15) is 0 Å². The van der Waals surface area contributed by atoms with Gasteiger partial charge in [-0.05, 0) is 31.1 Å². The number of guanidine groups is 1. The predicted octanol–water partition coefficient (Wildman–Crippen LogP) is 2.66. The number of ether oxygens (including phenoxy) is 1. The Morgan fingerprint density at radius 2 is 1.82 bits per heavy atom. The minimum Gasteiger partial charge on any atom is -0.469 e. The summed E-state index contributed by atoms with van der Waals surface area (Å²) in [6.45, 7) is 7.78. The van der Waals surface area contributed by atoms with Gasteiger partial charge < -0.3 is 15.0 Å². The Labute approximate surface area is 135 Å². The van der Waals surface area contributed by atoms with Crippen molar-refractivity contribution in [2.75, 3.05) is 33.8 Å². The van der Waals surface area contributed by atoms with E-state index in [0.29, 0.717) is 6.42 Å². The number of hydrogen-bond acceptors (Lipinski definition) is 3. The Bertz CT molecular complexity index is 348. The van der Waals surface area contributed by atoms with E-state index in [1.807, 2.05) is 7.05 Å². The molecule has 0 amide bonds. The van der Waals surface area contributed by atoms with Gasteiger partial charge in [-0.1, -0.05) is 26.7 Å². The fraction of sp³-hybridized carbons (Fsp3) is 0.882. The van der Waals surface area contributed by atoms with E-state index in [9.17, 15) is 4.79 Å². The largest absolute Gasteiger partial charge is 0.469 e. The molecular formula is C17H33N3O2. The Balaban J connectivity index is 2.15. The number of piperidine rings is 1. The lowest BCUT2D eigenvalue weighted by Crippen LogP contribution is -2.48. The lowest BCUT2D eigenvalue weighted by molar-refractivity contribution is -0.140. The molecule has 1 aliphatic rings. The molecule has 1 N–H and O–H groups in total. The second-order valence-corrected chi connectivity index (χ2v) is 6.57. The first-order valence-corrected chi connectivity index (χ1v) is 8.59. The third-order valence-corrected chi connectivity index (χ3v) is 4.20. The van der Waals surface area contributed by atoms with Gasteiger partial charge in [0.2, 0.25) is 0 Å². The summed E-state index contributed by atoms with van der Waals surface area (Å²) < 4.78 is 4.64. The van der Waals surface area contributed by atoms with Gasteiger partial charge in [-0.3, -0.25) is 9.79 Å². The van der Waals surface area contributed by atoms with Crippen LogP contribution in [-0.4, -0.2) is 50.6 Å². The second-order valence-electron chi connectivity index (χ2n) is 6.57. The van der Waals surface area contributed by atoms with Gasteiger partial charge in [0.15, 0.2) is 5.96 Å². The topological polar surface area (TPSA) is 53.9 Å². The van der Waals surface area contributed by atoms with Crippen LogP contribution in [0.1, 0.15) is 52.4 Å². The number of hydrogen-bond donors (Lipinski definition) is 1. The average molecular weight is 311 g/mol. The number of rotatable bonds is 7. The number of aliphatic imine (C=N–C) groups is 1. The van der Waals surface area contributed by atoms with Crippen LogP contribution >= 0.6 is 0 Å². The van der Waals surface area contributed by atoms with Crippen LogP contribution in [0.5, 0.6) is 0 Å². The summed E-state index contributed by atoms with van der Waals surface area (Å²) in [6.07, 6.45) is 6.09. The van der Waals surface area contributed by atoms with Crippen molar-refractivity contribution in [1.29, 1.82) is 0 Å². The molecule has 128 valence electrons. The van der Waals surface area contributed by atoms with Crippen LogP contribution in [0.15, 0.2) is 4.99 Å². The summed E-state index contributed by atoms with van der Waals surface area (Å²) in [6, 6.07) is 0. The number of esters is 1. The fourth-order valence-corrected chi connectivity index (χ4v) is 3.22. The highest BCUT2D eigenvalue weighted by atomic mass is 16.5. The van der Waals surface area contributed by atoms with E-state index in [1.165, 1.54) is 13.5 Å². The van der Waals surface area contributed by atoms with Gasteiger partial charge >= 0.3 is 5.97 Å². The van der Waals surface area contributed by atoms with E-state index in [-0.39, 0.29) is 5.97 Å². The first-order chi connectivity index (χ1) is 10.6. The standard InChI is InChI=1S/C17H33N3O2/c1-14-11-15(2)13-20(12-14)17(18-3)19-10-8-6-5-7-9-16(21)22-4/h14-15H,5-13H2,1-4H3,(H,18,19). The summed E-state index contributed by atoms with van der Waals surface area (Å²) in [7, 11) is 3.31. The van der Waals surface area contributed by atoms with Gasteiger partial charge in [-0.25, -0.2) is 0 Å². The molecule has 0 aromatic carbocycles. The molecule has 0 aromatic rings. The normalized spacial score (nSPS) is 22.5. The number of carbonyl (C=O) groups is 1. The van der Waals surface area contributed by atoms with Crippen LogP contribution in [-0.2, 0) is 9.53 Å². The summed E-state index contributed by atoms with van der Waals surface area (Å²) in [5.41, 5.74) is 0. The van der Waals surface area contributed by atoms with E-state index in [2.05, 4.69) is 33.8 Å². The minimum absolute atomic E-state index is 0.105. The van der Waals surface area contributed by atoms with E-state index in [0.717, 1.165) is 63.1 Å². The highest BCUT2D eigenvalue weighted by Crippen LogP contribution is 2.20.